The van der Waals surface area contributed by atoms with Crippen LogP contribution in [-0.4, -0.2) is 10.5 Å². The first-order valence-corrected chi connectivity index (χ1v) is 10.2. The highest BCUT2D eigenvalue weighted by atomic mass is 35.5. The van der Waals surface area contributed by atoms with Gasteiger partial charge in [0.15, 0.2) is 0 Å². The van der Waals surface area contributed by atoms with Crippen molar-refractivity contribution in [2.24, 2.45) is 0 Å². The van der Waals surface area contributed by atoms with Gasteiger partial charge in [-0.2, -0.15) is 0 Å². The SMILES string of the molecule is CCn1cc([C@@H](CC(=O)NCc2ccco2)c2ccc(Cl)cc2)c2ccccc21. The van der Waals surface area contributed by atoms with Crippen molar-refractivity contribution in [1.82, 2.24) is 9.88 Å². The number of nitrogens with zero attached hydrogens (tertiary/aromatic N) is 1. The number of hydrogen-bond acceptors (Lipinski definition) is 2. The summed E-state index contributed by atoms with van der Waals surface area (Å²) >= 11 is 6.10. The Morgan fingerprint density at radius 2 is 1.90 bits per heavy atom. The van der Waals surface area contributed by atoms with Gasteiger partial charge in [-0.05, 0) is 48.4 Å². The van der Waals surface area contributed by atoms with Crippen LogP contribution in [0.15, 0.2) is 77.5 Å². The predicted octanol–water partition coefficient (Wildman–Crippen LogP) is 5.75. The number of hydrogen-bond donors (Lipinski definition) is 1. The van der Waals surface area contributed by atoms with Crippen LogP contribution in [0.5, 0.6) is 0 Å². The summed E-state index contributed by atoms with van der Waals surface area (Å²) in [5.41, 5.74) is 3.40. The molecule has 0 fully saturated rings. The molecule has 1 amide bonds. The third kappa shape index (κ3) is 4.22. The number of rotatable bonds is 7. The van der Waals surface area contributed by atoms with E-state index in [1.165, 1.54) is 10.9 Å². The maximum atomic E-state index is 12.8. The van der Waals surface area contributed by atoms with Gasteiger partial charge in [-0.25, -0.2) is 0 Å². The minimum Gasteiger partial charge on any atom is -0.467 e. The number of carbonyl (C=O) groups excluding carboxylic acids is 1. The summed E-state index contributed by atoms with van der Waals surface area (Å²) in [6.07, 6.45) is 4.13. The average molecular weight is 407 g/mol. The van der Waals surface area contributed by atoms with Crippen LogP contribution in [0.1, 0.15) is 36.1 Å². The van der Waals surface area contributed by atoms with Crippen molar-refractivity contribution in [2.75, 3.05) is 0 Å². The topological polar surface area (TPSA) is 47.2 Å². The van der Waals surface area contributed by atoms with Gasteiger partial charge in [-0.1, -0.05) is 41.9 Å². The molecule has 0 unspecified atom stereocenters. The molecule has 0 spiro atoms. The molecule has 2 aromatic carbocycles. The summed E-state index contributed by atoms with van der Waals surface area (Å²) in [7, 11) is 0. The van der Waals surface area contributed by atoms with Gasteiger partial charge < -0.3 is 14.3 Å². The number of nitrogens with one attached hydrogen (secondary N) is 1. The average Bonchev–Trinajstić information content (AvgIpc) is 3.39. The van der Waals surface area contributed by atoms with Crippen LogP contribution in [0, 0.1) is 0 Å². The molecule has 29 heavy (non-hydrogen) atoms. The molecule has 0 aliphatic rings. The van der Waals surface area contributed by atoms with Gasteiger partial charge in [-0.3, -0.25) is 4.79 Å². The lowest BCUT2D eigenvalue weighted by molar-refractivity contribution is -0.121. The van der Waals surface area contributed by atoms with Crippen molar-refractivity contribution in [2.45, 2.75) is 32.4 Å². The zero-order valence-corrected chi connectivity index (χ0v) is 17.0. The molecule has 4 aromatic rings. The number of halogens is 1. The van der Waals surface area contributed by atoms with E-state index in [0.717, 1.165) is 23.4 Å². The lowest BCUT2D eigenvalue weighted by Gasteiger charge is -2.17. The molecule has 0 saturated heterocycles. The summed E-state index contributed by atoms with van der Waals surface area (Å²) in [6, 6.07) is 19.8. The minimum absolute atomic E-state index is 0.0188. The number of para-hydroxylation sites is 1. The van der Waals surface area contributed by atoms with Crippen molar-refractivity contribution in [3.05, 3.63) is 95.0 Å². The normalized spacial score (nSPS) is 12.2. The van der Waals surface area contributed by atoms with E-state index >= 15 is 0 Å². The van der Waals surface area contributed by atoms with Crippen LogP contribution < -0.4 is 5.32 Å². The van der Waals surface area contributed by atoms with Crippen LogP contribution in [0.25, 0.3) is 10.9 Å². The maximum Gasteiger partial charge on any atom is 0.221 e. The van der Waals surface area contributed by atoms with Gasteiger partial charge in [-0.15, -0.1) is 0 Å². The monoisotopic (exact) mass is 406 g/mol. The molecule has 0 saturated carbocycles. The Balaban J connectivity index is 1.67. The highest BCUT2D eigenvalue weighted by Crippen LogP contribution is 2.35. The van der Waals surface area contributed by atoms with Crippen molar-refractivity contribution >= 4 is 28.4 Å². The molecule has 0 bridgehead atoms. The molecular weight excluding hydrogens is 384 g/mol. The fraction of sp³-hybridized carbons (Fsp3) is 0.208. The van der Waals surface area contributed by atoms with Gasteiger partial charge >= 0.3 is 0 Å². The Morgan fingerprint density at radius 1 is 1.10 bits per heavy atom. The van der Waals surface area contributed by atoms with E-state index in [0.29, 0.717) is 18.0 Å². The zero-order chi connectivity index (χ0) is 20.2. The highest BCUT2D eigenvalue weighted by Gasteiger charge is 2.22. The molecular formula is C24H23ClN2O2. The first kappa shape index (κ1) is 19.3. The third-order valence-corrected chi connectivity index (χ3v) is 5.49. The van der Waals surface area contributed by atoms with Crippen molar-refractivity contribution in [1.29, 1.82) is 0 Å². The quantitative estimate of drug-likeness (QED) is 0.425. The second-order valence-electron chi connectivity index (χ2n) is 7.05. The number of aromatic nitrogens is 1. The van der Waals surface area contributed by atoms with Crippen LogP contribution in [-0.2, 0) is 17.9 Å². The second-order valence-corrected chi connectivity index (χ2v) is 7.49. The zero-order valence-electron chi connectivity index (χ0n) is 16.3. The van der Waals surface area contributed by atoms with E-state index in [4.69, 9.17) is 16.0 Å². The van der Waals surface area contributed by atoms with Crippen molar-refractivity contribution < 1.29 is 9.21 Å². The summed E-state index contributed by atoms with van der Waals surface area (Å²) in [4.78, 5) is 12.8. The van der Waals surface area contributed by atoms with E-state index in [1.54, 1.807) is 6.26 Å². The highest BCUT2D eigenvalue weighted by molar-refractivity contribution is 6.30. The number of benzene rings is 2. The van der Waals surface area contributed by atoms with Gasteiger partial charge in [0, 0.05) is 41.0 Å². The molecule has 0 aliphatic carbocycles. The first-order valence-electron chi connectivity index (χ1n) is 9.78. The fourth-order valence-electron chi connectivity index (χ4n) is 3.77. The number of furan rings is 1. The van der Waals surface area contributed by atoms with E-state index in [-0.39, 0.29) is 11.8 Å². The van der Waals surface area contributed by atoms with Crippen LogP contribution >= 0.6 is 11.6 Å². The van der Waals surface area contributed by atoms with Crippen molar-refractivity contribution in [3.8, 4) is 0 Å². The van der Waals surface area contributed by atoms with E-state index in [1.807, 2.05) is 48.5 Å². The molecule has 5 heteroatoms. The number of carbonyl (C=O) groups is 1. The Kier molecular flexibility index (Phi) is 5.72. The first-order chi connectivity index (χ1) is 14.2. The standard InChI is InChI=1S/C24H23ClN2O2/c1-2-27-16-22(20-7-3-4-8-23(20)27)21(17-9-11-18(25)12-10-17)14-24(28)26-15-19-6-5-13-29-19/h3-13,16,21H,2,14-15H2,1H3,(H,26,28)/t21-/m0/s1. The predicted molar refractivity (Wildman–Crippen MR) is 116 cm³/mol. The van der Waals surface area contributed by atoms with Crippen molar-refractivity contribution in [3.63, 3.8) is 0 Å². The largest absolute Gasteiger partial charge is 0.467 e. The Labute approximate surface area is 175 Å². The summed E-state index contributed by atoms with van der Waals surface area (Å²) in [5, 5.41) is 4.83. The van der Waals surface area contributed by atoms with Crippen LogP contribution in [0.2, 0.25) is 5.02 Å². The minimum atomic E-state index is -0.0680. The number of fused-ring (bicyclic) bond motifs is 1. The Morgan fingerprint density at radius 3 is 2.62 bits per heavy atom. The molecule has 2 aromatic heterocycles. The summed E-state index contributed by atoms with van der Waals surface area (Å²) in [6.45, 7) is 3.39. The molecule has 0 aliphatic heterocycles. The molecule has 4 rings (SSSR count). The lowest BCUT2D eigenvalue weighted by atomic mass is 9.88. The molecule has 1 N–H and O–H groups in total. The smallest absolute Gasteiger partial charge is 0.221 e. The second kappa shape index (κ2) is 8.58. The van der Waals surface area contributed by atoms with E-state index < -0.39 is 0 Å². The van der Waals surface area contributed by atoms with Gasteiger partial charge in [0.25, 0.3) is 0 Å². The fourth-order valence-corrected chi connectivity index (χ4v) is 3.90. The molecule has 148 valence electrons. The summed E-state index contributed by atoms with van der Waals surface area (Å²) < 4.78 is 7.54. The Hall–Kier alpha value is -2.98. The molecule has 2 heterocycles. The van der Waals surface area contributed by atoms with Crippen LogP contribution in [0.3, 0.4) is 0 Å². The number of aryl methyl sites for hydroxylation is 1. The number of amides is 1. The van der Waals surface area contributed by atoms with Gasteiger partial charge in [0.1, 0.15) is 5.76 Å². The van der Waals surface area contributed by atoms with E-state index in [9.17, 15) is 4.79 Å². The summed E-state index contributed by atoms with van der Waals surface area (Å²) in [5.74, 6) is 0.653. The van der Waals surface area contributed by atoms with Crippen LogP contribution in [0.4, 0.5) is 0 Å². The van der Waals surface area contributed by atoms with E-state index in [2.05, 4.69) is 35.1 Å². The molecule has 4 nitrogen and oxygen atoms in total. The molecule has 0 radical (unpaired) electrons. The maximum absolute atomic E-state index is 12.8. The molecule has 1 atom stereocenters. The third-order valence-electron chi connectivity index (χ3n) is 5.24. The van der Waals surface area contributed by atoms with Gasteiger partial charge in [0.05, 0.1) is 12.8 Å². The lowest BCUT2D eigenvalue weighted by Crippen LogP contribution is -2.24. The Bertz CT molecular complexity index is 1100. The van der Waals surface area contributed by atoms with Gasteiger partial charge in [0.2, 0.25) is 5.91 Å².